The van der Waals surface area contributed by atoms with Gasteiger partial charge in [-0.15, -0.1) is 0 Å². The summed E-state index contributed by atoms with van der Waals surface area (Å²) >= 11 is 6.19. The minimum atomic E-state index is 0.176. The normalized spacial score (nSPS) is 22.2. The van der Waals surface area contributed by atoms with Crippen molar-refractivity contribution < 1.29 is 9.47 Å². The van der Waals surface area contributed by atoms with Gasteiger partial charge < -0.3 is 15.2 Å². The Morgan fingerprint density at radius 1 is 1.58 bits per heavy atom. The van der Waals surface area contributed by atoms with Crippen molar-refractivity contribution in [3.63, 3.8) is 0 Å². The standard InChI is InChI=1S/C14H21ClN2O2/c1-10-9-17(5-6-19-10)13(8-16)11-3-4-14(18-2)12(15)7-11/h3-4,7,10,13H,5-6,8-9,16H2,1-2H3. The molecule has 1 aliphatic rings. The van der Waals surface area contributed by atoms with E-state index in [1.165, 1.54) is 0 Å². The average molecular weight is 285 g/mol. The van der Waals surface area contributed by atoms with E-state index in [9.17, 15) is 0 Å². The Hall–Kier alpha value is -0.810. The molecule has 5 heteroatoms. The molecule has 2 rings (SSSR count). The molecule has 1 aliphatic heterocycles. The summed E-state index contributed by atoms with van der Waals surface area (Å²) in [6.07, 6.45) is 0.247. The van der Waals surface area contributed by atoms with Gasteiger partial charge in [-0.2, -0.15) is 0 Å². The van der Waals surface area contributed by atoms with Crippen LogP contribution < -0.4 is 10.5 Å². The van der Waals surface area contributed by atoms with E-state index in [2.05, 4.69) is 11.8 Å². The van der Waals surface area contributed by atoms with E-state index in [-0.39, 0.29) is 12.1 Å². The van der Waals surface area contributed by atoms with Crippen LogP contribution in [-0.4, -0.2) is 44.4 Å². The monoisotopic (exact) mass is 284 g/mol. The Bertz CT molecular complexity index is 428. The summed E-state index contributed by atoms with van der Waals surface area (Å²) in [5, 5.41) is 0.625. The van der Waals surface area contributed by atoms with Gasteiger partial charge in [0.15, 0.2) is 0 Å². The molecule has 0 spiro atoms. The van der Waals surface area contributed by atoms with Crippen LogP contribution in [-0.2, 0) is 4.74 Å². The third-order valence-corrected chi connectivity index (χ3v) is 3.79. The number of nitrogens with two attached hydrogens (primary N) is 1. The van der Waals surface area contributed by atoms with Gasteiger partial charge in [0.05, 0.1) is 24.8 Å². The molecule has 1 saturated heterocycles. The highest BCUT2D eigenvalue weighted by Crippen LogP contribution is 2.30. The number of ether oxygens (including phenoxy) is 2. The van der Waals surface area contributed by atoms with Crippen LogP contribution in [0.3, 0.4) is 0 Å². The zero-order chi connectivity index (χ0) is 13.8. The van der Waals surface area contributed by atoms with Gasteiger partial charge >= 0.3 is 0 Å². The molecule has 4 nitrogen and oxygen atoms in total. The number of benzene rings is 1. The maximum absolute atomic E-state index is 6.19. The van der Waals surface area contributed by atoms with Crippen LogP contribution in [0.1, 0.15) is 18.5 Å². The molecule has 0 aromatic heterocycles. The highest BCUT2D eigenvalue weighted by molar-refractivity contribution is 6.32. The Morgan fingerprint density at radius 2 is 2.37 bits per heavy atom. The van der Waals surface area contributed by atoms with Gasteiger partial charge in [0.25, 0.3) is 0 Å². The molecule has 19 heavy (non-hydrogen) atoms. The van der Waals surface area contributed by atoms with E-state index in [0.29, 0.717) is 17.3 Å². The molecule has 0 radical (unpaired) electrons. The maximum Gasteiger partial charge on any atom is 0.137 e. The van der Waals surface area contributed by atoms with Crippen LogP contribution in [0.5, 0.6) is 5.75 Å². The van der Waals surface area contributed by atoms with Gasteiger partial charge in [-0.25, -0.2) is 0 Å². The van der Waals surface area contributed by atoms with E-state index < -0.39 is 0 Å². The van der Waals surface area contributed by atoms with E-state index in [4.69, 9.17) is 26.8 Å². The molecule has 1 fully saturated rings. The lowest BCUT2D eigenvalue weighted by molar-refractivity contribution is -0.0333. The first kappa shape index (κ1) is 14.6. The van der Waals surface area contributed by atoms with Crippen LogP contribution >= 0.6 is 11.6 Å². The van der Waals surface area contributed by atoms with Crippen LogP contribution in [0.4, 0.5) is 0 Å². The molecule has 0 aliphatic carbocycles. The Kier molecular flexibility index (Phi) is 5.05. The van der Waals surface area contributed by atoms with E-state index in [1.54, 1.807) is 7.11 Å². The van der Waals surface area contributed by atoms with Crippen LogP contribution in [0.15, 0.2) is 18.2 Å². The van der Waals surface area contributed by atoms with Gasteiger partial charge in [0, 0.05) is 25.7 Å². The fourth-order valence-electron chi connectivity index (χ4n) is 2.51. The SMILES string of the molecule is COc1ccc(C(CN)N2CCOC(C)C2)cc1Cl. The predicted octanol–water partition coefficient (Wildman–Crippen LogP) is 2.07. The molecule has 0 amide bonds. The molecule has 1 heterocycles. The molecular formula is C14H21ClN2O2. The Labute approximate surface area is 119 Å². The molecule has 1 aromatic rings. The fourth-order valence-corrected chi connectivity index (χ4v) is 2.78. The molecule has 2 unspecified atom stereocenters. The zero-order valence-corrected chi connectivity index (χ0v) is 12.2. The highest BCUT2D eigenvalue weighted by atomic mass is 35.5. The first-order chi connectivity index (χ1) is 9.15. The van der Waals surface area contributed by atoms with Gasteiger partial charge in [-0.1, -0.05) is 17.7 Å². The Balaban J connectivity index is 2.19. The minimum Gasteiger partial charge on any atom is -0.495 e. The van der Waals surface area contributed by atoms with Gasteiger partial charge in [0.1, 0.15) is 5.75 Å². The number of hydrogen-bond acceptors (Lipinski definition) is 4. The number of rotatable bonds is 4. The largest absolute Gasteiger partial charge is 0.495 e. The van der Waals surface area contributed by atoms with Gasteiger partial charge in [0.2, 0.25) is 0 Å². The Morgan fingerprint density at radius 3 is 2.95 bits per heavy atom. The molecule has 106 valence electrons. The second-order valence-electron chi connectivity index (χ2n) is 4.82. The van der Waals surface area contributed by atoms with Crippen molar-refractivity contribution in [1.29, 1.82) is 0 Å². The smallest absolute Gasteiger partial charge is 0.137 e. The van der Waals surface area contributed by atoms with Crippen LogP contribution in [0.25, 0.3) is 0 Å². The van der Waals surface area contributed by atoms with Crippen LogP contribution in [0.2, 0.25) is 5.02 Å². The molecule has 2 atom stereocenters. The van der Waals surface area contributed by atoms with Crippen molar-refractivity contribution in [2.75, 3.05) is 33.4 Å². The molecule has 1 aromatic carbocycles. The third kappa shape index (κ3) is 3.39. The van der Waals surface area contributed by atoms with Crippen molar-refractivity contribution in [3.05, 3.63) is 28.8 Å². The molecule has 0 bridgehead atoms. The summed E-state index contributed by atoms with van der Waals surface area (Å²) in [6.45, 7) is 5.19. The second-order valence-corrected chi connectivity index (χ2v) is 5.23. The molecule has 2 N–H and O–H groups in total. The van der Waals surface area contributed by atoms with Gasteiger partial charge in [-0.3, -0.25) is 4.90 Å². The summed E-state index contributed by atoms with van der Waals surface area (Å²) in [4.78, 5) is 2.35. The van der Waals surface area contributed by atoms with E-state index >= 15 is 0 Å². The van der Waals surface area contributed by atoms with Crippen molar-refractivity contribution in [1.82, 2.24) is 4.90 Å². The summed E-state index contributed by atoms with van der Waals surface area (Å²) < 4.78 is 10.7. The van der Waals surface area contributed by atoms with Crippen molar-refractivity contribution in [2.45, 2.75) is 19.1 Å². The molecular weight excluding hydrogens is 264 g/mol. The van der Waals surface area contributed by atoms with Gasteiger partial charge in [-0.05, 0) is 24.6 Å². The van der Waals surface area contributed by atoms with E-state index in [1.807, 2.05) is 18.2 Å². The topological polar surface area (TPSA) is 47.7 Å². The summed E-state index contributed by atoms with van der Waals surface area (Å²) in [5.41, 5.74) is 7.07. The van der Waals surface area contributed by atoms with Crippen molar-refractivity contribution >= 4 is 11.6 Å². The van der Waals surface area contributed by atoms with Crippen molar-refractivity contribution in [2.24, 2.45) is 5.73 Å². The number of halogens is 1. The number of hydrogen-bond donors (Lipinski definition) is 1. The fraction of sp³-hybridized carbons (Fsp3) is 0.571. The summed E-state index contributed by atoms with van der Waals surface area (Å²) in [6, 6.07) is 6.04. The summed E-state index contributed by atoms with van der Waals surface area (Å²) in [7, 11) is 1.62. The highest BCUT2D eigenvalue weighted by Gasteiger charge is 2.25. The average Bonchev–Trinajstić information content (AvgIpc) is 2.40. The number of methoxy groups -OCH3 is 1. The van der Waals surface area contributed by atoms with E-state index in [0.717, 1.165) is 25.3 Å². The maximum atomic E-state index is 6.19. The first-order valence-corrected chi connectivity index (χ1v) is 6.92. The predicted molar refractivity (Wildman–Crippen MR) is 76.8 cm³/mol. The quantitative estimate of drug-likeness (QED) is 0.919. The minimum absolute atomic E-state index is 0.176. The number of nitrogens with zero attached hydrogens (tertiary/aromatic N) is 1. The lowest BCUT2D eigenvalue weighted by atomic mass is 10.0. The van der Waals surface area contributed by atoms with Crippen LogP contribution in [0, 0.1) is 0 Å². The first-order valence-electron chi connectivity index (χ1n) is 6.55. The molecule has 0 saturated carbocycles. The number of morpholine rings is 1. The van der Waals surface area contributed by atoms with Crippen molar-refractivity contribution in [3.8, 4) is 5.75 Å². The second kappa shape index (κ2) is 6.57. The third-order valence-electron chi connectivity index (χ3n) is 3.50. The summed E-state index contributed by atoms with van der Waals surface area (Å²) in [5.74, 6) is 0.691. The zero-order valence-electron chi connectivity index (χ0n) is 11.4. The lowest BCUT2D eigenvalue weighted by Crippen LogP contribution is -2.45. The lowest BCUT2D eigenvalue weighted by Gasteiger charge is -2.37.